The minimum atomic E-state index is 0. The molecule has 0 unspecified atom stereocenters. The number of nitrogens with zero attached hydrogens (tertiary/aromatic N) is 1. The van der Waals surface area contributed by atoms with Crippen LogP contribution in [0.1, 0.15) is 0 Å². The van der Waals surface area contributed by atoms with Gasteiger partial charge in [-0.25, -0.2) is 4.98 Å². The number of halogens is 3. The van der Waals surface area contributed by atoms with Gasteiger partial charge in [0.2, 0.25) is 5.28 Å². The van der Waals surface area contributed by atoms with Gasteiger partial charge in [-0.2, -0.15) is 0 Å². The molecule has 0 spiro atoms. The summed E-state index contributed by atoms with van der Waals surface area (Å²) in [4.78, 5) is 6.05. The van der Waals surface area contributed by atoms with Gasteiger partial charge in [0.05, 0.1) is 0 Å². The third kappa shape index (κ3) is 2.50. The predicted molar refractivity (Wildman–Crippen MR) is 33.6 cm³/mol. The molecule has 1 aromatic heterocycles. The number of imidazole rings is 1. The van der Waals surface area contributed by atoms with Gasteiger partial charge in [0, 0.05) is 22.4 Å². The Balaban J connectivity index is 0.000000640. The first kappa shape index (κ1) is 9.82. The van der Waals surface area contributed by atoms with Gasteiger partial charge in [0.15, 0.2) is 5.15 Å². The second-order valence-electron chi connectivity index (χ2n) is 1.13. The number of aromatic amines is 1. The SMILES string of the molecule is Clc1nc(Cl)c(Cl)[nH]1.[Au]. The number of hydrogen-bond acceptors (Lipinski definition) is 1. The number of nitrogens with one attached hydrogen (secondary N) is 1. The average Bonchev–Trinajstić information content (AvgIpc) is 1.85. The Morgan fingerprint density at radius 3 is 1.89 bits per heavy atom. The molecule has 55 valence electrons. The Labute approximate surface area is 82.4 Å². The smallest absolute Gasteiger partial charge is 0.202 e. The number of rotatable bonds is 0. The van der Waals surface area contributed by atoms with Gasteiger partial charge in [0.1, 0.15) is 5.15 Å². The van der Waals surface area contributed by atoms with Gasteiger partial charge in [0.25, 0.3) is 0 Å². The van der Waals surface area contributed by atoms with Crippen molar-refractivity contribution in [2.24, 2.45) is 0 Å². The molecule has 1 heterocycles. The summed E-state index contributed by atoms with van der Waals surface area (Å²) in [5, 5.41) is 0.688. The van der Waals surface area contributed by atoms with Gasteiger partial charge in [-0.1, -0.05) is 23.2 Å². The van der Waals surface area contributed by atoms with Crippen molar-refractivity contribution in [3.8, 4) is 0 Å². The van der Waals surface area contributed by atoms with E-state index in [0.29, 0.717) is 0 Å². The molecule has 0 saturated heterocycles. The summed E-state index contributed by atoms with van der Waals surface area (Å²) < 4.78 is 0. The maximum Gasteiger partial charge on any atom is 0.202 e. The van der Waals surface area contributed by atoms with Gasteiger partial charge in [-0.15, -0.1) is 0 Å². The molecule has 2 nitrogen and oxygen atoms in total. The van der Waals surface area contributed by atoms with E-state index in [1.54, 1.807) is 0 Å². The maximum atomic E-state index is 5.40. The topological polar surface area (TPSA) is 28.7 Å². The molecule has 1 N–H and O–H groups in total. The zero-order chi connectivity index (χ0) is 6.15. The van der Waals surface area contributed by atoms with Crippen molar-refractivity contribution in [3.63, 3.8) is 0 Å². The first-order valence-corrected chi connectivity index (χ1v) is 2.90. The molecule has 0 aromatic carbocycles. The summed E-state index contributed by atoms with van der Waals surface area (Å²) in [7, 11) is 0. The second-order valence-corrected chi connectivity index (χ2v) is 2.23. The van der Waals surface area contributed by atoms with Crippen LogP contribution < -0.4 is 0 Å². The average molecular weight is 368 g/mol. The molecular formula is C3HAuCl3N2. The molecule has 0 fully saturated rings. The van der Waals surface area contributed by atoms with E-state index in [9.17, 15) is 0 Å². The fourth-order valence-corrected chi connectivity index (χ4v) is 0.839. The summed E-state index contributed by atoms with van der Waals surface area (Å²) in [5.74, 6) is 0. The van der Waals surface area contributed by atoms with E-state index in [0.717, 1.165) is 0 Å². The molecule has 1 rings (SSSR count). The van der Waals surface area contributed by atoms with Crippen LogP contribution in [0.15, 0.2) is 0 Å². The van der Waals surface area contributed by atoms with Crippen molar-refractivity contribution in [1.29, 1.82) is 0 Å². The Morgan fingerprint density at radius 2 is 1.78 bits per heavy atom. The molecule has 0 aliphatic heterocycles. The second kappa shape index (κ2) is 3.86. The van der Waals surface area contributed by atoms with Crippen molar-refractivity contribution in [3.05, 3.63) is 15.6 Å². The van der Waals surface area contributed by atoms with Crippen molar-refractivity contribution in [2.75, 3.05) is 0 Å². The molecule has 9 heavy (non-hydrogen) atoms. The third-order valence-electron chi connectivity index (χ3n) is 0.590. The van der Waals surface area contributed by atoms with Crippen molar-refractivity contribution >= 4 is 34.8 Å². The number of aromatic nitrogens is 2. The zero-order valence-electron chi connectivity index (χ0n) is 3.88. The maximum absolute atomic E-state index is 5.40. The Morgan fingerprint density at radius 1 is 1.22 bits per heavy atom. The largest absolute Gasteiger partial charge is 0.318 e. The predicted octanol–water partition coefficient (Wildman–Crippen LogP) is 2.37. The van der Waals surface area contributed by atoms with E-state index in [1.807, 2.05) is 0 Å². The standard InChI is InChI=1S/C3HCl3N2.Au/c4-1-2(5)8-3(6)7-1;/h(H,7,8);. The van der Waals surface area contributed by atoms with Crippen LogP contribution >= 0.6 is 34.8 Å². The van der Waals surface area contributed by atoms with Crippen LogP contribution in [0.3, 0.4) is 0 Å². The van der Waals surface area contributed by atoms with E-state index in [-0.39, 0.29) is 38.0 Å². The van der Waals surface area contributed by atoms with Gasteiger partial charge in [-0.05, 0) is 11.6 Å². The number of hydrogen-bond donors (Lipinski definition) is 1. The van der Waals surface area contributed by atoms with Gasteiger partial charge < -0.3 is 4.98 Å². The fraction of sp³-hybridized carbons (Fsp3) is 0. The first-order chi connectivity index (χ1) is 3.70. The van der Waals surface area contributed by atoms with Crippen molar-refractivity contribution in [1.82, 2.24) is 9.97 Å². The van der Waals surface area contributed by atoms with Crippen LogP contribution in [0.25, 0.3) is 0 Å². The van der Waals surface area contributed by atoms with Crippen LogP contribution in [-0.2, 0) is 22.4 Å². The molecule has 0 bridgehead atoms. The number of H-pyrrole nitrogens is 1. The van der Waals surface area contributed by atoms with Gasteiger partial charge in [-0.3, -0.25) is 0 Å². The summed E-state index contributed by atoms with van der Waals surface area (Å²) in [5.41, 5.74) is 0. The van der Waals surface area contributed by atoms with E-state index < -0.39 is 0 Å². The molecule has 6 heteroatoms. The summed E-state index contributed by atoms with van der Waals surface area (Å²) in [6, 6.07) is 0. The Hall–Kier alpha value is 0.820. The summed E-state index contributed by atoms with van der Waals surface area (Å²) >= 11 is 16.1. The van der Waals surface area contributed by atoms with E-state index in [4.69, 9.17) is 34.8 Å². The van der Waals surface area contributed by atoms with E-state index in [1.165, 1.54) is 0 Å². The molecule has 0 aliphatic rings. The van der Waals surface area contributed by atoms with E-state index in [2.05, 4.69) is 9.97 Å². The summed E-state index contributed by atoms with van der Waals surface area (Å²) in [6.45, 7) is 0. The quantitative estimate of drug-likeness (QED) is 0.700. The minimum absolute atomic E-state index is 0. The molecule has 1 radical (unpaired) electrons. The Kier molecular flexibility index (Phi) is 4.21. The minimum Gasteiger partial charge on any atom is -0.318 e. The Bertz CT molecular complexity index is 179. The van der Waals surface area contributed by atoms with Crippen molar-refractivity contribution < 1.29 is 22.4 Å². The molecule has 0 amide bonds. The van der Waals surface area contributed by atoms with Gasteiger partial charge >= 0.3 is 0 Å². The monoisotopic (exact) mass is 367 g/mol. The van der Waals surface area contributed by atoms with Crippen molar-refractivity contribution in [2.45, 2.75) is 0 Å². The zero-order valence-corrected chi connectivity index (χ0v) is 8.32. The van der Waals surface area contributed by atoms with E-state index >= 15 is 0 Å². The van der Waals surface area contributed by atoms with Crippen LogP contribution in [0.5, 0.6) is 0 Å². The summed E-state index contributed by atoms with van der Waals surface area (Å²) in [6.07, 6.45) is 0. The molecule has 0 aliphatic carbocycles. The van der Waals surface area contributed by atoms with Crippen LogP contribution in [0.4, 0.5) is 0 Å². The van der Waals surface area contributed by atoms with Crippen LogP contribution in [-0.4, -0.2) is 9.97 Å². The molecule has 0 saturated carbocycles. The molecule has 1 aromatic rings. The molecule has 0 atom stereocenters. The normalized spacial score (nSPS) is 8.78. The molecular weight excluding hydrogens is 367 g/mol. The fourth-order valence-electron chi connectivity index (χ4n) is 0.305. The van der Waals surface area contributed by atoms with Crippen LogP contribution in [0, 0.1) is 0 Å². The third-order valence-corrected chi connectivity index (χ3v) is 1.41. The first-order valence-electron chi connectivity index (χ1n) is 1.76. The van der Waals surface area contributed by atoms with Crippen LogP contribution in [0.2, 0.25) is 15.6 Å².